The van der Waals surface area contributed by atoms with E-state index in [4.69, 9.17) is 0 Å². The number of pyridine rings is 1. The second-order valence-corrected chi connectivity index (χ2v) is 4.96. The molecule has 3 heterocycles. The maximum atomic E-state index is 4.61. The Hall–Kier alpha value is -1.94. The summed E-state index contributed by atoms with van der Waals surface area (Å²) in [5.74, 6) is 0. The summed E-state index contributed by atoms with van der Waals surface area (Å²) in [6, 6.07) is 10.1. The molecule has 0 aliphatic carbocycles. The van der Waals surface area contributed by atoms with Gasteiger partial charge in [0.15, 0.2) is 0 Å². The zero-order valence-electron chi connectivity index (χ0n) is 10.1. The van der Waals surface area contributed by atoms with E-state index in [9.17, 15) is 0 Å². The molecule has 18 heavy (non-hydrogen) atoms. The summed E-state index contributed by atoms with van der Waals surface area (Å²) >= 11 is 1.71. The number of nitrogens with zero attached hydrogens (tertiary/aromatic N) is 3. The maximum Gasteiger partial charge on any atom is 0.111 e. The summed E-state index contributed by atoms with van der Waals surface area (Å²) in [5, 5.41) is 8.86. The molecule has 0 aliphatic heterocycles. The minimum atomic E-state index is 0.822. The monoisotopic (exact) mass is 255 g/mol. The molecule has 3 nitrogen and oxygen atoms in total. The fraction of sp³-hybridized carbons (Fsp3) is 0.143. The lowest BCUT2D eigenvalue weighted by atomic mass is 10.2. The van der Waals surface area contributed by atoms with Gasteiger partial charge in [-0.15, -0.1) is 0 Å². The van der Waals surface area contributed by atoms with Crippen molar-refractivity contribution in [2.75, 3.05) is 0 Å². The Balaban J connectivity index is 1.91. The highest BCUT2D eigenvalue weighted by atomic mass is 32.1. The third-order valence-electron chi connectivity index (χ3n) is 2.82. The first-order chi connectivity index (χ1) is 8.83. The van der Waals surface area contributed by atoms with Crippen LogP contribution in [-0.2, 0) is 6.54 Å². The highest BCUT2D eigenvalue weighted by Crippen LogP contribution is 2.17. The van der Waals surface area contributed by atoms with Gasteiger partial charge in [0.05, 0.1) is 12.2 Å². The van der Waals surface area contributed by atoms with E-state index in [1.165, 1.54) is 5.56 Å². The van der Waals surface area contributed by atoms with Crippen LogP contribution in [0.2, 0.25) is 0 Å². The molecular formula is C14H13N3S. The number of hydrogen-bond acceptors (Lipinski definition) is 3. The zero-order chi connectivity index (χ0) is 12.4. The van der Waals surface area contributed by atoms with E-state index in [0.717, 1.165) is 23.6 Å². The summed E-state index contributed by atoms with van der Waals surface area (Å²) in [6.45, 7) is 2.90. The van der Waals surface area contributed by atoms with Crippen LogP contribution in [0, 0.1) is 6.92 Å². The van der Waals surface area contributed by atoms with Crippen LogP contribution in [0.1, 0.15) is 11.3 Å². The average Bonchev–Trinajstić information content (AvgIpc) is 3.02. The third kappa shape index (κ3) is 2.19. The summed E-state index contributed by atoms with van der Waals surface area (Å²) in [5.41, 5.74) is 4.30. The predicted molar refractivity (Wildman–Crippen MR) is 73.6 cm³/mol. The Morgan fingerprint density at radius 2 is 2.17 bits per heavy atom. The van der Waals surface area contributed by atoms with Crippen molar-refractivity contribution in [3.8, 4) is 11.4 Å². The SMILES string of the molecule is Cc1cc(-c2ccccn2)nn1Cc1ccsc1. The molecule has 3 rings (SSSR count). The van der Waals surface area contributed by atoms with Gasteiger partial charge in [0.1, 0.15) is 5.69 Å². The van der Waals surface area contributed by atoms with Crippen LogP contribution in [0.4, 0.5) is 0 Å². The van der Waals surface area contributed by atoms with E-state index in [1.807, 2.05) is 22.9 Å². The van der Waals surface area contributed by atoms with Crippen LogP contribution in [0.5, 0.6) is 0 Å². The van der Waals surface area contributed by atoms with E-state index in [1.54, 1.807) is 17.5 Å². The molecule has 4 heteroatoms. The molecule has 90 valence electrons. The topological polar surface area (TPSA) is 30.7 Å². The molecule has 0 aromatic carbocycles. The Morgan fingerprint density at radius 1 is 1.22 bits per heavy atom. The summed E-state index contributed by atoms with van der Waals surface area (Å²) < 4.78 is 2.02. The van der Waals surface area contributed by atoms with Gasteiger partial charge in [0.25, 0.3) is 0 Å². The second-order valence-electron chi connectivity index (χ2n) is 4.18. The number of hydrogen-bond donors (Lipinski definition) is 0. The van der Waals surface area contributed by atoms with Gasteiger partial charge in [-0.25, -0.2) is 0 Å². The van der Waals surface area contributed by atoms with Crippen LogP contribution in [0.25, 0.3) is 11.4 Å². The molecule has 0 saturated heterocycles. The molecule has 0 fully saturated rings. The molecule has 0 atom stereocenters. The second kappa shape index (κ2) is 4.74. The van der Waals surface area contributed by atoms with Gasteiger partial charge in [-0.3, -0.25) is 9.67 Å². The zero-order valence-corrected chi connectivity index (χ0v) is 10.9. The molecule has 0 aliphatic rings. The lowest BCUT2D eigenvalue weighted by Crippen LogP contribution is -2.02. The fourth-order valence-corrected chi connectivity index (χ4v) is 2.53. The molecule has 0 spiro atoms. The first-order valence-corrected chi connectivity index (χ1v) is 6.74. The Labute approximate surface area is 110 Å². The smallest absolute Gasteiger partial charge is 0.111 e. The van der Waals surface area contributed by atoms with Crippen LogP contribution >= 0.6 is 11.3 Å². The molecule has 0 radical (unpaired) electrons. The Bertz CT molecular complexity index is 626. The number of aromatic nitrogens is 3. The van der Waals surface area contributed by atoms with Gasteiger partial charge < -0.3 is 0 Å². The largest absolute Gasteiger partial charge is 0.265 e. The van der Waals surface area contributed by atoms with Crippen LogP contribution in [-0.4, -0.2) is 14.8 Å². The lowest BCUT2D eigenvalue weighted by molar-refractivity contribution is 0.668. The van der Waals surface area contributed by atoms with Crippen LogP contribution < -0.4 is 0 Å². The minimum absolute atomic E-state index is 0.822. The van der Waals surface area contributed by atoms with Crippen molar-refractivity contribution in [1.29, 1.82) is 0 Å². The standard InChI is InChI=1S/C14H13N3S/c1-11-8-14(13-4-2-3-6-15-13)16-17(11)9-12-5-7-18-10-12/h2-8,10H,9H2,1H3. The first-order valence-electron chi connectivity index (χ1n) is 5.80. The van der Waals surface area contributed by atoms with Crippen molar-refractivity contribution in [2.45, 2.75) is 13.5 Å². The highest BCUT2D eigenvalue weighted by molar-refractivity contribution is 7.07. The number of rotatable bonds is 3. The van der Waals surface area contributed by atoms with Gasteiger partial charge in [-0.2, -0.15) is 16.4 Å². The van der Waals surface area contributed by atoms with Crippen molar-refractivity contribution in [3.05, 3.63) is 58.5 Å². The van der Waals surface area contributed by atoms with Gasteiger partial charge in [0.2, 0.25) is 0 Å². The van der Waals surface area contributed by atoms with Gasteiger partial charge in [0, 0.05) is 11.9 Å². The van der Waals surface area contributed by atoms with E-state index in [0.29, 0.717) is 0 Å². The Kier molecular flexibility index (Phi) is 2.94. The molecule has 0 saturated carbocycles. The van der Waals surface area contributed by atoms with Crippen molar-refractivity contribution in [1.82, 2.24) is 14.8 Å². The molecule has 3 aromatic rings. The molecule has 0 N–H and O–H groups in total. The van der Waals surface area contributed by atoms with E-state index in [-0.39, 0.29) is 0 Å². The highest BCUT2D eigenvalue weighted by Gasteiger charge is 2.07. The third-order valence-corrected chi connectivity index (χ3v) is 3.55. The molecule has 0 unspecified atom stereocenters. The number of aryl methyl sites for hydroxylation is 1. The maximum absolute atomic E-state index is 4.61. The van der Waals surface area contributed by atoms with Crippen molar-refractivity contribution < 1.29 is 0 Å². The Morgan fingerprint density at radius 3 is 2.89 bits per heavy atom. The quantitative estimate of drug-likeness (QED) is 0.718. The minimum Gasteiger partial charge on any atom is -0.265 e. The molecule has 0 bridgehead atoms. The molecular weight excluding hydrogens is 242 g/mol. The van der Waals surface area contributed by atoms with Crippen molar-refractivity contribution in [2.24, 2.45) is 0 Å². The first kappa shape index (κ1) is 11.2. The number of thiophene rings is 1. The lowest BCUT2D eigenvalue weighted by Gasteiger charge is -2.01. The van der Waals surface area contributed by atoms with E-state index >= 15 is 0 Å². The van der Waals surface area contributed by atoms with Gasteiger partial charge in [-0.1, -0.05) is 6.07 Å². The summed E-state index contributed by atoms with van der Waals surface area (Å²) in [6.07, 6.45) is 1.79. The normalized spacial score (nSPS) is 10.7. The summed E-state index contributed by atoms with van der Waals surface area (Å²) in [4.78, 5) is 4.33. The molecule has 0 amide bonds. The van der Waals surface area contributed by atoms with Crippen molar-refractivity contribution >= 4 is 11.3 Å². The van der Waals surface area contributed by atoms with E-state index < -0.39 is 0 Å². The van der Waals surface area contributed by atoms with Crippen LogP contribution in [0.15, 0.2) is 47.3 Å². The van der Waals surface area contributed by atoms with Gasteiger partial charge in [-0.05, 0) is 47.5 Å². The van der Waals surface area contributed by atoms with Crippen LogP contribution in [0.3, 0.4) is 0 Å². The van der Waals surface area contributed by atoms with Crippen molar-refractivity contribution in [3.63, 3.8) is 0 Å². The van der Waals surface area contributed by atoms with E-state index in [2.05, 4.69) is 39.9 Å². The van der Waals surface area contributed by atoms with Gasteiger partial charge >= 0.3 is 0 Å². The average molecular weight is 255 g/mol. The molecule has 3 aromatic heterocycles. The fourth-order valence-electron chi connectivity index (χ4n) is 1.87. The predicted octanol–water partition coefficient (Wildman–Crippen LogP) is 3.36. The summed E-state index contributed by atoms with van der Waals surface area (Å²) in [7, 11) is 0.